The summed E-state index contributed by atoms with van der Waals surface area (Å²) in [5, 5.41) is 0. The number of aryl methyl sites for hydroxylation is 1. The van der Waals surface area contributed by atoms with Gasteiger partial charge in [-0.05, 0) is 38.7 Å². The van der Waals surface area contributed by atoms with E-state index in [1.165, 1.54) is 11.1 Å². The lowest BCUT2D eigenvalue weighted by Crippen LogP contribution is -2.43. The van der Waals surface area contributed by atoms with Crippen LogP contribution in [0.1, 0.15) is 30.9 Å². The summed E-state index contributed by atoms with van der Waals surface area (Å²) in [6, 6.07) is 8.62. The van der Waals surface area contributed by atoms with Crippen LogP contribution in [0, 0.1) is 6.92 Å². The van der Waals surface area contributed by atoms with E-state index in [4.69, 9.17) is 10.5 Å². The molecule has 2 rings (SSSR count). The zero-order chi connectivity index (χ0) is 15.4. The van der Waals surface area contributed by atoms with Gasteiger partial charge in [-0.25, -0.2) is 0 Å². The molecule has 1 amide bonds. The average molecular weight is 327 g/mol. The van der Waals surface area contributed by atoms with E-state index >= 15 is 0 Å². The summed E-state index contributed by atoms with van der Waals surface area (Å²) in [5.74, 6) is 0.0746. The standard InChI is InChI=1S/C17H26N2O2.ClH/c1-12-4-6-14(7-5-12)10-13(2)19(3)17(20)16-9-8-15(11-18)21-16;/h4-7,13,15-16H,8-11,18H2,1-3H3;1H/t13?,15-,16+;/m1./s1. The molecular weight excluding hydrogens is 300 g/mol. The third-order valence-electron chi connectivity index (χ3n) is 4.31. The van der Waals surface area contributed by atoms with Gasteiger partial charge in [-0.1, -0.05) is 29.8 Å². The number of carbonyl (C=O) groups is 1. The number of nitrogens with zero attached hydrogens (tertiary/aromatic N) is 1. The SMILES string of the molecule is Cc1ccc(CC(C)N(C)C(=O)[C@@H]2CC[C@H](CN)O2)cc1.Cl. The van der Waals surface area contributed by atoms with Gasteiger partial charge in [-0.3, -0.25) is 4.79 Å². The number of benzene rings is 1. The minimum atomic E-state index is -0.316. The number of rotatable bonds is 5. The highest BCUT2D eigenvalue weighted by Crippen LogP contribution is 2.21. The van der Waals surface area contributed by atoms with Gasteiger partial charge in [0.2, 0.25) is 0 Å². The molecule has 1 heterocycles. The van der Waals surface area contributed by atoms with Crippen molar-refractivity contribution >= 4 is 18.3 Å². The molecule has 1 aromatic rings. The van der Waals surface area contributed by atoms with Crippen LogP contribution in [-0.4, -0.2) is 42.6 Å². The van der Waals surface area contributed by atoms with E-state index in [1.807, 2.05) is 11.9 Å². The van der Waals surface area contributed by atoms with E-state index in [-0.39, 0.29) is 36.6 Å². The first-order chi connectivity index (χ1) is 10.0. The average Bonchev–Trinajstić information content (AvgIpc) is 2.97. The smallest absolute Gasteiger partial charge is 0.251 e. The zero-order valence-electron chi connectivity index (χ0n) is 13.6. The number of hydrogen-bond acceptors (Lipinski definition) is 3. The Morgan fingerprint density at radius 1 is 1.36 bits per heavy atom. The first-order valence-electron chi connectivity index (χ1n) is 7.69. The highest BCUT2D eigenvalue weighted by atomic mass is 35.5. The second kappa shape index (κ2) is 8.51. The van der Waals surface area contributed by atoms with Crippen LogP contribution >= 0.6 is 12.4 Å². The highest BCUT2D eigenvalue weighted by Gasteiger charge is 2.33. The largest absolute Gasteiger partial charge is 0.364 e. The normalized spacial score (nSPS) is 22.0. The molecule has 124 valence electrons. The summed E-state index contributed by atoms with van der Waals surface area (Å²) in [7, 11) is 1.86. The van der Waals surface area contributed by atoms with E-state index in [9.17, 15) is 4.79 Å². The summed E-state index contributed by atoms with van der Waals surface area (Å²) in [6.45, 7) is 4.65. The number of likely N-dealkylation sites (N-methyl/N-ethyl adjacent to an activating group) is 1. The Morgan fingerprint density at radius 3 is 2.55 bits per heavy atom. The summed E-state index contributed by atoms with van der Waals surface area (Å²) in [6.07, 6.45) is 2.24. The third kappa shape index (κ3) is 4.70. The van der Waals surface area contributed by atoms with Crippen molar-refractivity contribution in [3.8, 4) is 0 Å². The predicted molar refractivity (Wildman–Crippen MR) is 91.3 cm³/mol. The van der Waals surface area contributed by atoms with Crippen molar-refractivity contribution in [3.63, 3.8) is 0 Å². The van der Waals surface area contributed by atoms with E-state index in [2.05, 4.69) is 38.1 Å². The van der Waals surface area contributed by atoms with Gasteiger partial charge in [0.15, 0.2) is 0 Å². The van der Waals surface area contributed by atoms with Crippen molar-refractivity contribution in [3.05, 3.63) is 35.4 Å². The lowest BCUT2D eigenvalue weighted by atomic mass is 10.0. The molecule has 0 saturated carbocycles. The second-order valence-corrected chi connectivity index (χ2v) is 6.05. The van der Waals surface area contributed by atoms with E-state index < -0.39 is 0 Å². The molecule has 1 aliphatic rings. The van der Waals surface area contributed by atoms with Crippen LogP contribution in [0.3, 0.4) is 0 Å². The molecule has 22 heavy (non-hydrogen) atoms. The Morgan fingerprint density at radius 2 is 2.00 bits per heavy atom. The Balaban J connectivity index is 0.00000242. The molecule has 1 fully saturated rings. The minimum Gasteiger partial charge on any atom is -0.364 e. The summed E-state index contributed by atoms with van der Waals surface area (Å²) < 4.78 is 5.69. The van der Waals surface area contributed by atoms with Crippen LogP contribution in [0.2, 0.25) is 0 Å². The number of ether oxygens (including phenoxy) is 1. The fourth-order valence-corrected chi connectivity index (χ4v) is 2.71. The van der Waals surface area contributed by atoms with Crippen LogP contribution in [0.5, 0.6) is 0 Å². The van der Waals surface area contributed by atoms with Crippen LogP contribution in [0.4, 0.5) is 0 Å². The van der Waals surface area contributed by atoms with Gasteiger partial charge < -0.3 is 15.4 Å². The number of amides is 1. The Hall–Kier alpha value is -1.10. The quantitative estimate of drug-likeness (QED) is 0.903. The molecular formula is C17H27ClN2O2. The Kier molecular flexibility index (Phi) is 7.33. The lowest BCUT2D eigenvalue weighted by Gasteiger charge is -2.27. The van der Waals surface area contributed by atoms with Crippen LogP contribution in [0.25, 0.3) is 0 Å². The molecule has 0 spiro atoms. The number of halogens is 1. The van der Waals surface area contributed by atoms with E-state index in [1.54, 1.807) is 0 Å². The minimum absolute atomic E-state index is 0. The number of nitrogens with two attached hydrogens (primary N) is 1. The van der Waals surface area contributed by atoms with Gasteiger partial charge in [-0.2, -0.15) is 0 Å². The van der Waals surface area contributed by atoms with Crippen molar-refractivity contribution < 1.29 is 9.53 Å². The lowest BCUT2D eigenvalue weighted by molar-refractivity contribution is -0.143. The van der Waals surface area contributed by atoms with E-state index in [0.29, 0.717) is 6.54 Å². The summed E-state index contributed by atoms with van der Waals surface area (Å²) >= 11 is 0. The molecule has 0 radical (unpaired) electrons. The zero-order valence-corrected chi connectivity index (χ0v) is 14.4. The fourth-order valence-electron chi connectivity index (χ4n) is 2.71. The number of carbonyl (C=O) groups excluding carboxylic acids is 1. The molecule has 2 N–H and O–H groups in total. The van der Waals surface area contributed by atoms with Gasteiger partial charge in [0.25, 0.3) is 5.91 Å². The number of hydrogen-bond donors (Lipinski definition) is 1. The topological polar surface area (TPSA) is 55.6 Å². The molecule has 0 aliphatic carbocycles. The highest BCUT2D eigenvalue weighted by molar-refractivity contribution is 5.85. The van der Waals surface area contributed by atoms with Gasteiger partial charge in [0.05, 0.1) is 6.10 Å². The first kappa shape index (κ1) is 18.9. The molecule has 1 aliphatic heterocycles. The second-order valence-electron chi connectivity index (χ2n) is 6.05. The monoisotopic (exact) mass is 326 g/mol. The Bertz CT molecular complexity index is 478. The fraction of sp³-hybridized carbons (Fsp3) is 0.588. The Labute approximate surface area is 139 Å². The van der Waals surface area contributed by atoms with Crippen molar-refractivity contribution in [2.24, 2.45) is 5.73 Å². The summed E-state index contributed by atoms with van der Waals surface area (Å²) in [4.78, 5) is 14.3. The molecule has 4 nitrogen and oxygen atoms in total. The van der Waals surface area contributed by atoms with Gasteiger partial charge in [0.1, 0.15) is 6.10 Å². The predicted octanol–water partition coefficient (Wildman–Crippen LogP) is 2.31. The van der Waals surface area contributed by atoms with E-state index in [0.717, 1.165) is 19.3 Å². The van der Waals surface area contributed by atoms with Crippen LogP contribution < -0.4 is 5.73 Å². The van der Waals surface area contributed by atoms with Gasteiger partial charge >= 0.3 is 0 Å². The molecule has 0 bridgehead atoms. The van der Waals surface area contributed by atoms with Crippen molar-refractivity contribution in [2.75, 3.05) is 13.6 Å². The van der Waals surface area contributed by atoms with Crippen LogP contribution in [-0.2, 0) is 16.0 Å². The van der Waals surface area contributed by atoms with Crippen LogP contribution in [0.15, 0.2) is 24.3 Å². The molecule has 0 aromatic heterocycles. The molecule has 3 atom stereocenters. The van der Waals surface area contributed by atoms with Gasteiger partial charge in [-0.15, -0.1) is 12.4 Å². The molecule has 1 unspecified atom stereocenters. The van der Waals surface area contributed by atoms with Crippen molar-refractivity contribution in [1.82, 2.24) is 4.90 Å². The van der Waals surface area contributed by atoms with Crippen molar-refractivity contribution in [1.29, 1.82) is 0 Å². The maximum Gasteiger partial charge on any atom is 0.251 e. The first-order valence-corrected chi connectivity index (χ1v) is 7.69. The molecule has 1 aromatic carbocycles. The third-order valence-corrected chi connectivity index (χ3v) is 4.31. The maximum absolute atomic E-state index is 12.5. The molecule has 1 saturated heterocycles. The van der Waals surface area contributed by atoms with Crippen molar-refractivity contribution in [2.45, 2.75) is 51.4 Å². The molecule has 5 heteroatoms. The maximum atomic E-state index is 12.5. The van der Waals surface area contributed by atoms with Gasteiger partial charge in [0, 0.05) is 19.6 Å². The summed E-state index contributed by atoms with van der Waals surface area (Å²) in [5.41, 5.74) is 8.10.